The van der Waals surface area contributed by atoms with E-state index in [-0.39, 0.29) is 30.1 Å². The van der Waals surface area contributed by atoms with Crippen LogP contribution >= 0.6 is 0 Å². The van der Waals surface area contributed by atoms with E-state index in [0.717, 1.165) is 5.56 Å². The van der Waals surface area contributed by atoms with Gasteiger partial charge in [-0.3, -0.25) is 9.59 Å². The number of nitrogens with zero attached hydrogens (tertiary/aromatic N) is 2. The van der Waals surface area contributed by atoms with Gasteiger partial charge in [-0.2, -0.15) is 0 Å². The third-order valence-electron chi connectivity index (χ3n) is 5.76. The van der Waals surface area contributed by atoms with Gasteiger partial charge in [-0.05, 0) is 50.8 Å². The largest absolute Gasteiger partial charge is 0.372 e. The number of morpholine rings is 1. The van der Waals surface area contributed by atoms with E-state index in [1.165, 1.54) is 0 Å². The molecule has 0 bridgehead atoms. The van der Waals surface area contributed by atoms with Gasteiger partial charge in [0.2, 0.25) is 11.8 Å². The second kappa shape index (κ2) is 9.93. The zero-order valence-corrected chi connectivity index (χ0v) is 17.8. The number of primary amides is 1. The number of nitrogens with one attached hydrogen (secondary N) is 1. The van der Waals surface area contributed by atoms with Crippen molar-refractivity contribution in [3.8, 4) is 0 Å². The number of carbonyl (C=O) groups is 3. The number of carbonyl (C=O) groups excluding carboxylic acids is 3. The van der Waals surface area contributed by atoms with Crippen LogP contribution in [0.25, 0.3) is 0 Å². The highest BCUT2D eigenvalue weighted by Gasteiger charge is 2.33. The normalized spacial score (nSPS) is 22.6. The topological polar surface area (TPSA) is 105 Å². The monoisotopic (exact) mass is 416 g/mol. The molecule has 0 radical (unpaired) electrons. The number of rotatable bonds is 5. The minimum Gasteiger partial charge on any atom is -0.372 e. The lowest BCUT2D eigenvalue weighted by Gasteiger charge is -2.39. The van der Waals surface area contributed by atoms with Gasteiger partial charge >= 0.3 is 6.03 Å². The highest BCUT2D eigenvalue weighted by molar-refractivity contribution is 5.92. The first kappa shape index (κ1) is 22.1. The molecule has 8 heteroatoms. The fraction of sp³-hybridized carbons (Fsp3) is 0.591. The number of hydrogen-bond acceptors (Lipinski definition) is 4. The number of amides is 4. The zero-order valence-electron chi connectivity index (χ0n) is 17.8. The summed E-state index contributed by atoms with van der Waals surface area (Å²) < 4.78 is 5.71. The number of likely N-dealkylation sites (tertiary alicyclic amines) is 1. The molecule has 0 aliphatic carbocycles. The van der Waals surface area contributed by atoms with Gasteiger partial charge in [0.1, 0.15) is 0 Å². The molecule has 3 rings (SSSR count). The third-order valence-corrected chi connectivity index (χ3v) is 5.76. The van der Waals surface area contributed by atoms with Gasteiger partial charge in [0, 0.05) is 44.2 Å². The van der Waals surface area contributed by atoms with Gasteiger partial charge < -0.3 is 25.6 Å². The Morgan fingerprint density at radius 2 is 1.77 bits per heavy atom. The lowest BCUT2D eigenvalue weighted by atomic mass is 9.95. The minimum atomic E-state index is -0.459. The van der Waals surface area contributed by atoms with Crippen LogP contribution < -0.4 is 11.1 Å². The van der Waals surface area contributed by atoms with Crippen molar-refractivity contribution in [2.24, 2.45) is 11.7 Å². The molecule has 2 unspecified atom stereocenters. The number of urea groups is 1. The minimum absolute atomic E-state index is 0.0249. The summed E-state index contributed by atoms with van der Waals surface area (Å²) in [7, 11) is 0. The molecule has 0 saturated carbocycles. The number of hydrogen-bond donors (Lipinski definition) is 2. The Labute approximate surface area is 177 Å². The van der Waals surface area contributed by atoms with E-state index in [2.05, 4.69) is 5.32 Å². The first-order valence-corrected chi connectivity index (χ1v) is 10.7. The Morgan fingerprint density at radius 3 is 2.40 bits per heavy atom. The predicted octanol–water partition coefficient (Wildman–Crippen LogP) is 1.39. The number of benzene rings is 1. The molecule has 0 spiro atoms. The molecule has 4 amide bonds. The van der Waals surface area contributed by atoms with E-state index >= 15 is 0 Å². The van der Waals surface area contributed by atoms with Gasteiger partial charge in [-0.1, -0.05) is 12.1 Å². The maximum Gasteiger partial charge on any atom is 0.317 e. The molecule has 0 aromatic heterocycles. The number of ether oxygens (including phenoxy) is 1. The van der Waals surface area contributed by atoms with Gasteiger partial charge in [0.25, 0.3) is 0 Å². The smallest absolute Gasteiger partial charge is 0.317 e. The molecule has 2 aliphatic heterocycles. The molecule has 1 aromatic carbocycles. The summed E-state index contributed by atoms with van der Waals surface area (Å²) in [6.45, 7) is 6.90. The molecule has 30 heavy (non-hydrogen) atoms. The predicted molar refractivity (Wildman–Crippen MR) is 113 cm³/mol. The van der Waals surface area contributed by atoms with Gasteiger partial charge in [0.05, 0.1) is 12.2 Å². The first-order valence-electron chi connectivity index (χ1n) is 10.7. The lowest BCUT2D eigenvalue weighted by Crippen LogP contribution is -2.52. The summed E-state index contributed by atoms with van der Waals surface area (Å²) in [5, 5.41) is 2.93. The maximum atomic E-state index is 12.8. The summed E-state index contributed by atoms with van der Waals surface area (Å²) in [4.78, 5) is 40.2. The van der Waals surface area contributed by atoms with E-state index in [1.807, 2.05) is 24.8 Å². The van der Waals surface area contributed by atoms with Crippen molar-refractivity contribution in [2.45, 2.75) is 45.3 Å². The number of piperidine rings is 1. The first-order chi connectivity index (χ1) is 14.3. The van der Waals surface area contributed by atoms with Crippen LogP contribution in [-0.4, -0.2) is 72.6 Å². The van der Waals surface area contributed by atoms with Gasteiger partial charge in [-0.15, -0.1) is 0 Å². The van der Waals surface area contributed by atoms with Crippen molar-refractivity contribution in [1.29, 1.82) is 0 Å². The van der Waals surface area contributed by atoms with Crippen molar-refractivity contribution in [2.75, 3.05) is 32.7 Å². The van der Waals surface area contributed by atoms with Crippen molar-refractivity contribution < 1.29 is 19.1 Å². The van der Waals surface area contributed by atoms with Crippen LogP contribution in [0.3, 0.4) is 0 Å². The van der Waals surface area contributed by atoms with Crippen molar-refractivity contribution in [1.82, 2.24) is 15.1 Å². The van der Waals surface area contributed by atoms with Crippen LogP contribution in [0, 0.1) is 5.92 Å². The fourth-order valence-corrected chi connectivity index (χ4v) is 4.25. The highest BCUT2D eigenvalue weighted by Crippen LogP contribution is 2.22. The molecule has 2 aliphatic rings. The van der Waals surface area contributed by atoms with Crippen LogP contribution in [-0.2, 0) is 16.0 Å². The Balaban J connectivity index is 1.41. The van der Waals surface area contributed by atoms with Crippen molar-refractivity contribution >= 4 is 17.8 Å². The summed E-state index contributed by atoms with van der Waals surface area (Å²) in [5.74, 6) is -0.297. The van der Waals surface area contributed by atoms with E-state index in [9.17, 15) is 14.4 Å². The second-order valence-electron chi connectivity index (χ2n) is 8.31. The van der Waals surface area contributed by atoms with Crippen LogP contribution in [0.2, 0.25) is 0 Å². The summed E-state index contributed by atoms with van der Waals surface area (Å²) in [5.41, 5.74) is 6.72. The Kier molecular flexibility index (Phi) is 7.31. The van der Waals surface area contributed by atoms with E-state index in [0.29, 0.717) is 57.5 Å². The van der Waals surface area contributed by atoms with Crippen LogP contribution in [0.4, 0.5) is 4.79 Å². The molecule has 2 saturated heterocycles. The average molecular weight is 417 g/mol. The quantitative estimate of drug-likeness (QED) is 0.757. The van der Waals surface area contributed by atoms with Gasteiger partial charge in [-0.25, -0.2) is 4.79 Å². The summed E-state index contributed by atoms with van der Waals surface area (Å²) in [6, 6.07) is 7.01. The molecule has 164 valence electrons. The Bertz CT molecular complexity index is 766. The van der Waals surface area contributed by atoms with Crippen LogP contribution in [0.5, 0.6) is 0 Å². The Morgan fingerprint density at radius 1 is 1.10 bits per heavy atom. The number of nitrogens with two attached hydrogens (primary N) is 1. The SMILES string of the molecule is CC1CN(C(=O)C2CCN(C(=O)NCCc3cccc(C(N)=O)c3)CC2)CC(C)O1. The summed E-state index contributed by atoms with van der Waals surface area (Å²) in [6.07, 6.45) is 2.12. The second-order valence-corrected chi connectivity index (χ2v) is 8.31. The molecule has 2 fully saturated rings. The molecular weight excluding hydrogens is 384 g/mol. The molecule has 3 N–H and O–H groups in total. The van der Waals surface area contributed by atoms with E-state index in [1.54, 1.807) is 23.1 Å². The highest BCUT2D eigenvalue weighted by atomic mass is 16.5. The van der Waals surface area contributed by atoms with Crippen LogP contribution in [0.1, 0.15) is 42.6 Å². The summed E-state index contributed by atoms with van der Waals surface area (Å²) >= 11 is 0. The van der Waals surface area contributed by atoms with Crippen molar-refractivity contribution in [3.05, 3.63) is 35.4 Å². The zero-order chi connectivity index (χ0) is 21.7. The Hall–Kier alpha value is -2.61. The maximum absolute atomic E-state index is 12.8. The standard InChI is InChI=1S/C22H32N4O4/c1-15-13-26(14-16(2)30-15)21(28)18-7-10-25(11-8-18)22(29)24-9-6-17-4-3-5-19(12-17)20(23)27/h3-5,12,15-16,18H,6-11,13-14H2,1-2H3,(H2,23,27)(H,24,29). The third kappa shape index (κ3) is 5.72. The molecule has 2 atom stereocenters. The van der Waals surface area contributed by atoms with Crippen LogP contribution in [0.15, 0.2) is 24.3 Å². The molecule has 1 aromatic rings. The molecular formula is C22H32N4O4. The average Bonchev–Trinajstić information content (AvgIpc) is 2.72. The van der Waals surface area contributed by atoms with E-state index in [4.69, 9.17) is 10.5 Å². The molecule has 8 nitrogen and oxygen atoms in total. The van der Waals surface area contributed by atoms with Crippen molar-refractivity contribution in [3.63, 3.8) is 0 Å². The van der Waals surface area contributed by atoms with Gasteiger partial charge in [0.15, 0.2) is 0 Å². The lowest BCUT2D eigenvalue weighted by molar-refractivity contribution is -0.148. The molecule has 2 heterocycles. The fourth-order valence-electron chi connectivity index (χ4n) is 4.25. The van der Waals surface area contributed by atoms with E-state index < -0.39 is 5.91 Å².